The number of anilines is 1. The van der Waals surface area contributed by atoms with Crippen LogP contribution in [0.3, 0.4) is 0 Å². The molecule has 210 valence electrons. The summed E-state index contributed by atoms with van der Waals surface area (Å²) in [6.07, 6.45) is 12.7. The average Bonchev–Trinajstić information content (AvgIpc) is 3.65. The molecule has 2 aliphatic heterocycles. The largest absolute Gasteiger partial charge is 0.355 e. The number of piperidine rings is 1. The molecule has 4 aromatic heterocycles. The van der Waals surface area contributed by atoms with E-state index < -0.39 is 0 Å². The van der Waals surface area contributed by atoms with Crippen molar-refractivity contribution < 1.29 is 4.79 Å². The number of hydrogen-bond donors (Lipinski definition) is 0. The SMILES string of the molecule is Cn1cc(-c2cc(-c3ccc(N4CC5(CCN(C(=O)CCc6ccccc6)CC5)C4)nc3)c3c(C#N)cnn3c2)cn1. The zero-order valence-corrected chi connectivity index (χ0v) is 23.6. The summed E-state index contributed by atoms with van der Waals surface area (Å²) in [5.74, 6) is 1.22. The highest BCUT2D eigenvalue weighted by Gasteiger charge is 2.45. The maximum atomic E-state index is 12.8. The van der Waals surface area contributed by atoms with Crippen molar-refractivity contribution in [3.05, 3.63) is 90.6 Å². The molecule has 6 heterocycles. The van der Waals surface area contributed by atoms with E-state index in [1.54, 1.807) is 15.4 Å². The van der Waals surface area contributed by atoms with Crippen LogP contribution in [-0.2, 0) is 18.3 Å². The lowest BCUT2D eigenvalue weighted by Crippen LogP contribution is -2.61. The Hall–Kier alpha value is -4.97. The predicted octanol–water partition coefficient (Wildman–Crippen LogP) is 4.73. The quantitative estimate of drug-likeness (QED) is 0.300. The fraction of sp³-hybridized carbons (Fsp3) is 0.303. The number of nitrogens with zero attached hydrogens (tertiary/aromatic N) is 8. The van der Waals surface area contributed by atoms with Crippen LogP contribution in [0.1, 0.15) is 30.4 Å². The normalized spacial score (nSPS) is 16.0. The van der Waals surface area contributed by atoms with Crippen LogP contribution in [0.2, 0.25) is 0 Å². The number of pyridine rings is 2. The van der Waals surface area contributed by atoms with Crippen molar-refractivity contribution in [1.29, 1.82) is 5.26 Å². The number of aromatic nitrogens is 5. The van der Waals surface area contributed by atoms with Crippen LogP contribution in [0.4, 0.5) is 5.82 Å². The Morgan fingerprint density at radius 2 is 1.76 bits per heavy atom. The lowest BCUT2D eigenvalue weighted by molar-refractivity contribution is -0.133. The van der Waals surface area contributed by atoms with Gasteiger partial charge in [-0.3, -0.25) is 9.48 Å². The number of likely N-dealkylation sites (tertiary alicyclic amines) is 1. The highest BCUT2D eigenvalue weighted by molar-refractivity contribution is 5.87. The molecule has 0 unspecified atom stereocenters. The second-order valence-corrected chi connectivity index (χ2v) is 11.6. The number of aryl methyl sites for hydroxylation is 2. The first-order valence-electron chi connectivity index (χ1n) is 14.4. The molecule has 2 aliphatic rings. The molecule has 0 bridgehead atoms. The maximum absolute atomic E-state index is 12.8. The van der Waals surface area contributed by atoms with Crippen molar-refractivity contribution in [2.24, 2.45) is 12.5 Å². The first-order valence-corrected chi connectivity index (χ1v) is 14.4. The van der Waals surface area contributed by atoms with Crippen LogP contribution < -0.4 is 4.90 Å². The van der Waals surface area contributed by atoms with Crippen LogP contribution in [0.25, 0.3) is 27.8 Å². The lowest BCUT2D eigenvalue weighted by atomic mass is 9.72. The minimum Gasteiger partial charge on any atom is -0.355 e. The van der Waals surface area contributed by atoms with Crippen LogP contribution in [0.15, 0.2) is 79.5 Å². The summed E-state index contributed by atoms with van der Waals surface area (Å²) >= 11 is 0. The molecular weight excluding hydrogens is 524 g/mol. The van der Waals surface area contributed by atoms with Crippen molar-refractivity contribution in [1.82, 2.24) is 29.3 Å². The number of nitriles is 1. The van der Waals surface area contributed by atoms with Gasteiger partial charge in [0.15, 0.2) is 0 Å². The standard InChI is InChI=1S/C33H32N8O/c1-38-20-28(19-36-38)26-15-29(32-27(16-34)18-37-41(32)21-26)25-8-9-30(35-17-25)40-22-33(23-40)11-13-39(14-12-33)31(42)10-7-24-5-3-2-4-6-24/h2-6,8-9,15,17-21H,7,10-14,22-23H2,1H3. The third kappa shape index (κ3) is 4.79. The summed E-state index contributed by atoms with van der Waals surface area (Å²) in [6.45, 7) is 3.61. The molecule has 1 aromatic carbocycles. The van der Waals surface area contributed by atoms with Gasteiger partial charge in [-0.2, -0.15) is 15.5 Å². The monoisotopic (exact) mass is 556 g/mol. The minimum atomic E-state index is 0.264. The van der Waals surface area contributed by atoms with Crippen molar-refractivity contribution in [3.63, 3.8) is 0 Å². The number of carbonyl (C=O) groups excluding carboxylic acids is 1. The van der Waals surface area contributed by atoms with E-state index >= 15 is 0 Å². The minimum absolute atomic E-state index is 0.264. The number of amides is 1. The highest BCUT2D eigenvalue weighted by atomic mass is 16.2. The summed E-state index contributed by atoms with van der Waals surface area (Å²) in [5.41, 5.74) is 6.58. The van der Waals surface area contributed by atoms with Gasteiger partial charge in [0.2, 0.25) is 5.91 Å². The number of hydrogen-bond acceptors (Lipinski definition) is 6. The van der Waals surface area contributed by atoms with E-state index in [4.69, 9.17) is 4.98 Å². The molecule has 42 heavy (non-hydrogen) atoms. The van der Waals surface area contributed by atoms with Gasteiger partial charge in [0.1, 0.15) is 11.9 Å². The molecule has 0 atom stereocenters. The van der Waals surface area contributed by atoms with Gasteiger partial charge in [-0.15, -0.1) is 0 Å². The van der Waals surface area contributed by atoms with Gasteiger partial charge in [0.05, 0.1) is 23.5 Å². The summed E-state index contributed by atoms with van der Waals surface area (Å²) < 4.78 is 3.54. The van der Waals surface area contributed by atoms with Crippen molar-refractivity contribution in [2.75, 3.05) is 31.1 Å². The Balaban J connectivity index is 1.02. The fourth-order valence-electron chi connectivity index (χ4n) is 6.41. The Morgan fingerprint density at radius 3 is 2.45 bits per heavy atom. The van der Waals surface area contributed by atoms with Gasteiger partial charge in [-0.05, 0) is 43.0 Å². The molecule has 2 saturated heterocycles. The highest BCUT2D eigenvalue weighted by Crippen LogP contribution is 2.42. The summed E-state index contributed by atoms with van der Waals surface area (Å²) in [6, 6.07) is 18.7. The summed E-state index contributed by atoms with van der Waals surface area (Å²) in [4.78, 5) is 22.0. The molecule has 0 N–H and O–H groups in total. The summed E-state index contributed by atoms with van der Waals surface area (Å²) in [5, 5.41) is 18.5. The zero-order chi connectivity index (χ0) is 28.7. The van der Waals surface area contributed by atoms with Gasteiger partial charge in [0.25, 0.3) is 0 Å². The molecule has 0 aliphatic carbocycles. The Bertz CT molecular complexity index is 1780. The van der Waals surface area contributed by atoms with E-state index in [0.29, 0.717) is 12.0 Å². The Kier molecular flexibility index (Phi) is 6.46. The van der Waals surface area contributed by atoms with E-state index in [-0.39, 0.29) is 11.3 Å². The third-order valence-corrected chi connectivity index (χ3v) is 8.85. The van der Waals surface area contributed by atoms with E-state index in [9.17, 15) is 10.1 Å². The summed E-state index contributed by atoms with van der Waals surface area (Å²) in [7, 11) is 1.89. The van der Waals surface area contributed by atoms with Gasteiger partial charge in [0, 0.05) is 85.9 Å². The fourth-order valence-corrected chi connectivity index (χ4v) is 6.41. The van der Waals surface area contributed by atoms with Crippen LogP contribution in [-0.4, -0.2) is 61.4 Å². The van der Waals surface area contributed by atoms with Gasteiger partial charge >= 0.3 is 0 Å². The molecular formula is C33H32N8O. The van der Waals surface area contributed by atoms with Crippen LogP contribution in [0.5, 0.6) is 0 Å². The van der Waals surface area contributed by atoms with E-state index in [2.05, 4.69) is 56.4 Å². The third-order valence-electron chi connectivity index (χ3n) is 8.85. The number of carbonyl (C=O) groups is 1. The van der Waals surface area contributed by atoms with Crippen molar-refractivity contribution in [2.45, 2.75) is 25.7 Å². The van der Waals surface area contributed by atoms with Crippen LogP contribution >= 0.6 is 0 Å². The Morgan fingerprint density at radius 1 is 0.952 bits per heavy atom. The molecule has 9 heteroatoms. The number of rotatable bonds is 6. The zero-order valence-electron chi connectivity index (χ0n) is 23.6. The topological polar surface area (TPSA) is 95.3 Å². The number of benzene rings is 1. The van der Waals surface area contributed by atoms with Crippen LogP contribution in [0, 0.1) is 16.7 Å². The molecule has 1 amide bonds. The first kappa shape index (κ1) is 26.0. The number of fused-ring (bicyclic) bond motifs is 1. The van der Waals surface area contributed by atoms with Gasteiger partial charge < -0.3 is 9.80 Å². The molecule has 5 aromatic rings. The Labute approximate surface area is 244 Å². The smallest absolute Gasteiger partial charge is 0.222 e. The van der Waals surface area contributed by atoms with Gasteiger partial charge in [-0.1, -0.05) is 30.3 Å². The second-order valence-electron chi connectivity index (χ2n) is 11.6. The van der Waals surface area contributed by atoms with E-state index in [1.165, 1.54) is 5.56 Å². The first-order chi connectivity index (χ1) is 20.5. The van der Waals surface area contributed by atoms with E-state index in [1.807, 2.05) is 50.0 Å². The molecule has 2 fully saturated rings. The molecule has 0 radical (unpaired) electrons. The molecule has 0 saturated carbocycles. The maximum Gasteiger partial charge on any atom is 0.222 e. The van der Waals surface area contributed by atoms with Crippen molar-refractivity contribution in [3.8, 4) is 28.3 Å². The lowest BCUT2D eigenvalue weighted by Gasteiger charge is -2.54. The van der Waals surface area contributed by atoms with E-state index in [0.717, 1.165) is 79.0 Å². The molecule has 7 rings (SSSR count). The average molecular weight is 557 g/mol. The van der Waals surface area contributed by atoms with Gasteiger partial charge in [-0.25, -0.2) is 9.50 Å². The van der Waals surface area contributed by atoms with Crippen molar-refractivity contribution >= 4 is 17.2 Å². The predicted molar refractivity (Wildman–Crippen MR) is 161 cm³/mol. The molecule has 9 nitrogen and oxygen atoms in total. The molecule has 1 spiro atoms. The second kappa shape index (κ2) is 10.5.